The van der Waals surface area contributed by atoms with Gasteiger partial charge in [-0.3, -0.25) is 0 Å². The number of aromatic nitrogens is 2. The lowest BCUT2D eigenvalue weighted by atomic mass is 9.81. The predicted molar refractivity (Wildman–Crippen MR) is 63.3 cm³/mol. The van der Waals surface area contributed by atoms with Crippen molar-refractivity contribution in [1.29, 1.82) is 0 Å². The zero-order valence-electron chi connectivity index (χ0n) is 10.6. The maximum Gasteiger partial charge on any atom is 0.226 e. The van der Waals surface area contributed by atoms with Gasteiger partial charge in [-0.2, -0.15) is 0 Å². The minimum absolute atomic E-state index is 0.189. The molecule has 0 amide bonds. The second kappa shape index (κ2) is 4.09. The van der Waals surface area contributed by atoms with Gasteiger partial charge in [0.05, 0.1) is 5.41 Å². The van der Waals surface area contributed by atoms with Crippen LogP contribution in [0, 0.1) is 0 Å². The molecule has 0 fully saturated rings. The van der Waals surface area contributed by atoms with Crippen molar-refractivity contribution in [3.05, 3.63) is 35.3 Å². The molecule has 1 aliphatic carbocycles. The van der Waals surface area contributed by atoms with Crippen LogP contribution < -0.4 is 0 Å². The number of rotatable bonds is 2. The molecule has 1 unspecified atom stereocenters. The monoisotopic (exact) mass is 236 g/mol. The SMILES string of the molecule is CC1=CCC(C)(c2nnc(C(C)C)o2)C=C1F. The fraction of sp³-hybridized carbons (Fsp3) is 0.538. The van der Waals surface area contributed by atoms with E-state index in [4.69, 9.17) is 4.42 Å². The largest absolute Gasteiger partial charge is 0.424 e. The first-order valence-electron chi connectivity index (χ1n) is 5.82. The van der Waals surface area contributed by atoms with Gasteiger partial charge in [0, 0.05) is 5.92 Å². The molecule has 0 bridgehead atoms. The van der Waals surface area contributed by atoms with Gasteiger partial charge in [-0.15, -0.1) is 10.2 Å². The van der Waals surface area contributed by atoms with Crippen molar-refractivity contribution in [2.45, 2.75) is 45.4 Å². The van der Waals surface area contributed by atoms with E-state index in [0.717, 1.165) is 0 Å². The Morgan fingerprint density at radius 2 is 2.12 bits per heavy atom. The van der Waals surface area contributed by atoms with Crippen LogP contribution in [0.15, 0.2) is 28.0 Å². The fourth-order valence-corrected chi connectivity index (χ4v) is 1.76. The third kappa shape index (κ3) is 2.16. The summed E-state index contributed by atoms with van der Waals surface area (Å²) in [6, 6.07) is 0. The molecule has 2 rings (SSSR count). The van der Waals surface area contributed by atoms with Crippen LogP contribution in [0.2, 0.25) is 0 Å². The van der Waals surface area contributed by atoms with E-state index < -0.39 is 5.41 Å². The lowest BCUT2D eigenvalue weighted by Gasteiger charge is -2.24. The van der Waals surface area contributed by atoms with Crippen LogP contribution >= 0.6 is 0 Å². The van der Waals surface area contributed by atoms with Crippen LogP contribution in [0.1, 0.15) is 51.8 Å². The van der Waals surface area contributed by atoms with Crippen molar-refractivity contribution < 1.29 is 8.81 Å². The van der Waals surface area contributed by atoms with Crippen LogP contribution in [0.25, 0.3) is 0 Å². The molecule has 0 N–H and O–H groups in total. The predicted octanol–water partition coefficient (Wildman–Crippen LogP) is 3.65. The number of halogens is 1. The number of nitrogens with zero attached hydrogens (tertiary/aromatic N) is 2. The molecule has 0 aromatic carbocycles. The molecule has 0 saturated heterocycles. The fourth-order valence-electron chi connectivity index (χ4n) is 1.76. The Balaban J connectivity index is 2.33. The van der Waals surface area contributed by atoms with Crippen molar-refractivity contribution >= 4 is 0 Å². The Morgan fingerprint density at radius 1 is 1.41 bits per heavy atom. The van der Waals surface area contributed by atoms with E-state index in [-0.39, 0.29) is 11.7 Å². The standard InChI is InChI=1S/C13H17FN2O/c1-8(2)11-15-16-12(17-11)13(4)6-5-9(3)10(14)7-13/h5,7-8H,6H2,1-4H3. The highest BCUT2D eigenvalue weighted by Gasteiger charge is 2.33. The third-order valence-corrected chi connectivity index (χ3v) is 3.08. The average Bonchev–Trinajstić information content (AvgIpc) is 2.74. The summed E-state index contributed by atoms with van der Waals surface area (Å²) in [7, 11) is 0. The molecule has 0 saturated carbocycles. The summed E-state index contributed by atoms with van der Waals surface area (Å²) in [6.45, 7) is 7.65. The van der Waals surface area contributed by atoms with Crippen LogP contribution in [-0.2, 0) is 5.41 Å². The van der Waals surface area contributed by atoms with E-state index in [1.165, 1.54) is 0 Å². The molecule has 92 valence electrons. The lowest BCUT2D eigenvalue weighted by molar-refractivity contribution is 0.363. The number of allylic oxidation sites excluding steroid dienone is 4. The molecule has 1 atom stereocenters. The summed E-state index contributed by atoms with van der Waals surface area (Å²) >= 11 is 0. The van der Waals surface area contributed by atoms with Gasteiger partial charge < -0.3 is 4.42 Å². The van der Waals surface area contributed by atoms with Crippen molar-refractivity contribution in [3.63, 3.8) is 0 Å². The quantitative estimate of drug-likeness (QED) is 0.786. The molecule has 1 heterocycles. The van der Waals surface area contributed by atoms with Crippen LogP contribution in [-0.4, -0.2) is 10.2 Å². The van der Waals surface area contributed by atoms with Gasteiger partial charge in [-0.05, 0) is 31.9 Å². The van der Waals surface area contributed by atoms with E-state index in [2.05, 4.69) is 10.2 Å². The summed E-state index contributed by atoms with van der Waals surface area (Å²) in [5.74, 6) is 1.07. The average molecular weight is 236 g/mol. The Kier molecular flexibility index (Phi) is 2.89. The molecule has 1 aliphatic rings. The molecule has 1 aromatic heterocycles. The number of hydrogen-bond donors (Lipinski definition) is 0. The molecular weight excluding hydrogens is 219 g/mol. The Morgan fingerprint density at radius 3 is 2.65 bits per heavy atom. The van der Waals surface area contributed by atoms with Gasteiger partial charge >= 0.3 is 0 Å². The smallest absolute Gasteiger partial charge is 0.226 e. The molecular formula is C13H17FN2O. The summed E-state index contributed by atoms with van der Waals surface area (Å²) in [5, 5.41) is 8.03. The van der Waals surface area contributed by atoms with Crippen molar-refractivity contribution in [2.75, 3.05) is 0 Å². The first kappa shape index (κ1) is 12.0. The zero-order chi connectivity index (χ0) is 12.6. The normalized spacial score (nSPS) is 24.8. The topological polar surface area (TPSA) is 38.9 Å². The summed E-state index contributed by atoms with van der Waals surface area (Å²) in [6.07, 6.45) is 4.13. The second-order valence-corrected chi connectivity index (χ2v) is 5.10. The van der Waals surface area contributed by atoms with Crippen molar-refractivity contribution in [1.82, 2.24) is 10.2 Å². The highest BCUT2D eigenvalue weighted by molar-refractivity contribution is 5.34. The molecule has 3 nitrogen and oxygen atoms in total. The first-order chi connectivity index (χ1) is 7.92. The Bertz CT molecular complexity index is 487. The van der Waals surface area contributed by atoms with Crippen LogP contribution in [0.4, 0.5) is 4.39 Å². The van der Waals surface area contributed by atoms with Crippen molar-refractivity contribution in [2.24, 2.45) is 0 Å². The number of hydrogen-bond acceptors (Lipinski definition) is 3. The second-order valence-electron chi connectivity index (χ2n) is 5.10. The van der Waals surface area contributed by atoms with Gasteiger partial charge in [0.15, 0.2) is 0 Å². The lowest BCUT2D eigenvalue weighted by Crippen LogP contribution is -2.21. The summed E-state index contributed by atoms with van der Waals surface area (Å²) < 4.78 is 19.2. The van der Waals surface area contributed by atoms with Crippen LogP contribution in [0.5, 0.6) is 0 Å². The van der Waals surface area contributed by atoms with Gasteiger partial charge in [-0.25, -0.2) is 4.39 Å². The highest BCUT2D eigenvalue weighted by Crippen LogP contribution is 2.36. The maximum absolute atomic E-state index is 13.6. The Labute approximate surface area is 100 Å². The molecule has 0 spiro atoms. The molecule has 4 heteroatoms. The van der Waals surface area contributed by atoms with E-state index >= 15 is 0 Å². The zero-order valence-corrected chi connectivity index (χ0v) is 10.6. The Hall–Kier alpha value is -1.45. The van der Waals surface area contributed by atoms with Gasteiger partial charge in [0.1, 0.15) is 5.83 Å². The van der Waals surface area contributed by atoms with E-state index in [1.807, 2.05) is 26.8 Å². The molecule has 0 radical (unpaired) electrons. The maximum atomic E-state index is 13.6. The van der Waals surface area contributed by atoms with Gasteiger partial charge in [0.2, 0.25) is 11.8 Å². The molecule has 17 heavy (non-hydrogen) atoms. The van der Waals surface area contributed by atoms with E-state index in [0.29, 0.717) is 23.8 Å². The van der Waals surface area contributed by atoms with Crippen molar-refractivity contribution in [3.8, 4) is 0 Å². The van der Waals surface area contributed by atoms with Crippen LogP contribution in [0.3, 0.4) is 0 Å². The third-order valence-electron chi connectivity index (χ3n) is 3.08. The van der Waals surface area contributed by atoms with Gasteiger partial charge in [0.25, 0.3) is 0 Å². The van der Waals surface area contributed by atoms with E-state index in [1.54, 1.807) is 13.0 Å². The summed E-state index contributed by atoms with van der Waals surface area (Å²) in [5.41, 5.74) is 0.148. The first-order valence-corrected chi connectivity index (χ1v) is 5.82. The van der Waals surface area contributed by atoms with Gasteiger partial charge in [-0.1, -0.05) is 19.9 Å². The minimum Gasteiger partial charge on any atom is -0.424 e. The molecule has 1 aromatic rings. The summed E-state index contributed by atoms with van der Waals surface area (Å²) in [4.78, 5) is 0. The van der Waals surface area contributed by atoms with E-state index in [9.17, 15) is 4.39 Å². The molecule has 0 aliphatic heterocycles. The minimum atomic E-state index is -0.524. The highest BCUT2D eigenvalue weighted by atomic mass is 19.1.